The Morgan fingerprint density at radius 1 is 1.08 bits per heavy atom. The molecule has 24 heavy (non-hydrogen) atoms. The van der Waals surface area contributed by atoms with Crippen LogP contribution in [0.3, 0.4) is 0 Å². The van der Waals surface area contributed by atoms with Crippen molar-refractivity contribution < 1.29 is 14.3 Å². The Balaban J connectivity index is 2.03. The summed E-state index contributed by atoms with van der Waals surface area (Å²) in [6.45, 7) is 5.64. The molecule has 5 heteroatoms. The Morgan fingerprint density at radius 3 is 2.58 bits per heavy atom. The quantitative estimate of drug-likeness (QED) is 0.715. The lowest BCUT2D eigenvalue weighted by Gasteiger charge is -2.13. The summed E-state index contributed by atoms with van der Waals surface area (Å²) in [5.41, 5.74) is 1.55. The van der Waals surface area contributed by atoms with Gasteiger partial charge in [-0.2, -0.15) is 0 Å². The molecule has 0 bridgehead atoms. The molecule has 0 unspecified atom stereocenters. The van der Waals surface area contributed by atoms with Gasteiger partial charge in [0.1, 0.15) is 0 Å². The van der Waals surface area contributed by atoms with Crippen molar-refractivity contribution >= 4 is 5.91 Å². The number of nitrogens with zero attached hydrogens (tertiary/aromatic N) is 1. The van der Waals surface area contributed by atoms with Crippen LogP contribution < -0.4 is 14.8 Å². The van der Waals surface area contributed by atoms with E-state index in [0.717, 1.165) is 18.4 Å². The van der Waals surface area contributed by atoms with E-state index in [1.807, 2.05) is 19.1 Å². The van der Waals surface area contributed by atoms with Crippen LogP contribution in [0.25, 0.3) is 0 Å². The van der Waals surface area contributed by atoms with Crippen LogP contribution in [0.15, 0.2) is 42.7 Å². The molecule has 0 saturated carbocycles. The predicted octanol–water partition coefficient (Wildman–Crippen LogP) is 3.59. The first-order valence-electron chi connectivity index (χ1n) is 8.31. The van der Waals surface area contributed by atoms with Crippen molar-refractivity contribution in [2.75, 3.05) is 13.2 Å². The van der Waals surface area contributed by atoms with Crippen LogP contribution in [0.1, 0.15) is 42.6 Å². The number of hydrogen-bond acceptors (Lipinski definition) is 4. The second-order valence-corrected chi connectivity index (χ2v) is 5.33. The number of rotatable bonds is 9. The molecular formula is C19H24N2O3. The van der Waals surface area contributed by atoms with Gasteiger partial charge < -0.3 is 14.8 Å². The Kier molecular flexibility index (Phi) is 7.08. The van der Waals surface area contributed by atoms with Crippen molar-refractivity contribution in [1.82, 2.24) is 10.3 Å². The van der Waals surface area contributed by atoms with E-state index >= 15 is 0 Å². The first-order chi connectivity index (χ1) is 11.7. The van der Waals surface area contributed by atoms with Crippen molar-refractivity contribution in [3.05, 3.63) is 53.9 Å². The first kappa shape index (κ1) is 17.8. The molecule has 2 rings (SSSR count). The monoisotopic (exact) mass is 328 g/mol. The number of unbranched alkanes of at least 4 members (excludes halogenated alkanes) is 1. The summed E-state index contributed by atoms with van der Waals surface area (Å²) in [7, 11) is 0. The van der Waals surface area contributed by atoms with Crippen molar-refractivity contribution in [2.45, 2.75) is 33.2 Å². The molecule has 1 aromatic heterocycles. The Hall–Kier alpha value is -2.56. The molecular weight excluding hydrogens is 304 g/mol. The average Bonchev–Trinajstić information content (AvgIpc) is 2.62. The minimum Gasteiger partial charge on any atom is -0.490 e. The average molecular weight is 328 g/mol. The molecule has 2 aromatic rings. The van der Waals surface area contributed by atoms with Gasteiger partial charge in [0, 0.05) is 24.5 Å². The summed E-state index contributed by atoms with van der Waals surface area (Å²) in [6, 6.07) is 9.02. The molecule has 5 nitrogen and oxygen atoms in total. The highest BCUT2D eigenvalue weighted by molar-refractivity contribution is 5.94. The van der Waals surface area contributed by atoms with Crippen LogP contribution in [0, 0.1) is 0 Å². The molecule has 0 aliphatic heterocycles. The van der Waals surface area contributed by atoms with Crippen molar-refractivity contribution in [3.63, 3.8) is 0 Å². The highest BCUT2D eigenvalue weighted by Gasteiger charge is 2.11. The molecule has 1 aromatic carbocycles. The maximum atomic E-state index is 12.3. The number of nitrogens with one attached hydrogen (secondary N) is 1. The Labute approximate surface area is 143 Å². The lowest BCUT2D eigenvalue weighted by Crippen LogP contribution is -2.22. The summed E-state index contributed by atoms with van der Waals surface area (Å²) in [6.07, 6.45) is 5.47. The first-order valence-corrected chi connectivity index (χ1v) is 8.31. The standard InChI is InChI=1S/C19H24N2O3/c1-3-5-12-24-17-7-6-16(13-18(17)23-4-2)19(22)21-14-15-8-10-20-11-9-15/h6-11,13H,3-5,12,14H2,1-2H3,(H,21,22). The smallest absolute Gasteiger partial charge is 0.251 e. The Bertz CT molecular complexity index is 644. The summed E-state index contributed by atoms with van der Waals surface area (Å²) < 4.78 is 11.3. The summed E-state index contributed by atoms with van der Waals surface area (Å²) in [5.74, 6) is 1.13. The topological polar surface area (TPSA) is 60.5 Å². The van der Waals surface area contributed by atoms with Gasteiger partial charge in [-0.05, 0) is 49.2 Å². The fourth-order valence-corrected chi connectivity index (χ4v) is 2.15. The van der Waals surface area contributed by atoms with E-state index in [1.165, 1.54) is 0 Å². The van der Waals surface area contributed by atoms with Crippen LogP contribution in [0.4, 0.5) is 0 Å². The lowest BCUT2D eigenvalue weighted by atomic mass is 10.1. The predicted molar refractivity (Wildman–Crippen MR) is 93.4 cm³/mol. The number of carbonyl (C=O) groups is 1. The Morgan fingerprint density at radius 2 is 1.88 bits per heavy atom. The van der Waals surface area contributed by atoms with E-state index in [9.17, 15) is 4.79 Å². The van der Waals surface area contributed by atoms with E-state index in [4.69, 9.17) is 9.47 Å². The minimum atomic E-state index is -0.145. The fraction of sp³-hybridized carbons (Fsp3) is 0.368. The number of amides is 1. The fourth-order valence-electron chi connectivity index (χ4n) is 2.15. The van der Waals surface area contributed by atoms with Gasteiger partial charge in [0.2, 0.25) is 0 Å². The zero-order valence-electron chi connectivity index (χ0n) is 14.2. The van der Waals surface area contributed by atoms with Gasteiger partial charge in [-0.1, -0.05) is 13.3 Å². The highest BCUT2D eigenvalue weighted by atomic mass is 16.5. The summed E-state index contributed by atoms with van der Waals surface area (Å²) in [4.78, 5) is 16.3. The SMILES string of the molecule is CCCCOc1ccc(C(=O)NCc2ccncc2)cc1OCC. The number of ether oxygens (including phenoxy) is 2. The third kappa shape index (κ3) is 5.26. The molecule has 0 fully saturated rings. The van der Waals surface area contributed by atoms with Crippen LogP contribution in [0.2, 0.25) is 0 Å². The molecule has 1 amide bonds. The third-order valence-electron chi connectivity index (χ3n) is 3.46. The van der Waals surface area contributed by atoms with Crippen molar-refractivity contribution in [1.29, 1.82) is 0 Å². The second kappa shape index (κ2) is 9.55. The molecule has 0 atom stereocenters. The number of pyridine rings is 1. The third-order valence-corrected chi connectivity index (χ3v) is 3.46. The van der Waals surface area contributed by atoms with E-state index in [2.05, 4.69) is 17.2 Å². The van der Waals surface area contributed by atoms with Crippen LogP contribution in [-0.4, -0.2) is 24.1 Å². The van der Waals surface area contributed by atoms with Gasteiger partial charge in [-0.3, -0.25) is 9.78 Å². The molecule has 0 radical (unpaired) electrons. The largest absolute Gasteiger partial charge is 0.490 e. The molecule has 0 spiro atoms. The highest BCUT2D eigenvalue weighted by Crippen LogP contribution is 2.28. The van der Waals surface area contributed by atoms with E-state index in [-0.39, 0.29) is 5.91 Å². The maximum Gasteiger partial charge on any atom is 0.251 e. The van der Waals surface area contributed by atoms with Gasteiger partial charge in [-0.15, -0.1) is 0 Å². The van der Waals surface area contributed by atoms with Gasteiger partial charge in [0.25, 0.3) is 5.91 Å². The molecule has 128 valence electrons. The van der Waals surface area contributed by atoms with Gasteiger partial charge in [0.15, 0.2) is 11.5 Å². The number of hydrogen-bond donors (Lipinski definition) is 1. The minimum absolute atomic E-state index is 0.145. The molecule has 1 heterocycles. The van der Waals surface area contributed by atoms with Crippen molar-refractivity contribution in [2.24, 2.45) is 0 Å². The second-order valence-electron chi connectivity index (χ2n) is 5.33. The van der Waals surface area contributed by atoms with E-state index in [1.54, 1.807) is 30.6 Å². The van der Waals surface area contributed by atoms with Crippen LogP contribution in [-0.2, 0) is 6.54 Å². The lowest BCUT2D eigenvalue weighted by molar-refractivity contribution is 0.0950. The molecule has 1 N–H and O–H groups in total. The zero-order chi connectivity index (χ0) is 17.2. The maximum absolute atomic E-state index is 12.3. The van der Waals surface area contributed by atoms with Gasteiger partial charge >= 0.3 is 0 Å². The summed E-state index contributed by atoms with van der Waals surface area (Å²) >= 11 is 0. The number of carbonyl (C=O) groups excluding carboxylic acids is 1. The summed E-state index contributed by atoms with van der Waals surface area (Å²) in [5, 5.41) is 2.89. The van der Waals surface area contributed by atoms with E-state index < -0.39 is 0 Å². The van der Waals surface area contributed by atoms with Crippen molar-refractivity contribution in [3.8, 4) is 11.5 Å². The van der Waals surface area contributed by atoms with Gasteiger partial charge in [-0.25, -0.2) is 0 Å². The number of aromatic nitrogens is 1. The van der Waals surface area contributed by atoms with Gasteiger partial charge in [0.05, 0.1) is 13.2 Å². The molecule has 0 aliphatic carbocycles. The van der Waals surface area contributed by atoms with Crippen LogP contribution in [0.5, 0.6) is 11.5 Å². The number of benzene rings is 1. The molecule has 0 saturated heterocycles. The zero-order valence-corrected chi connectivity index (χ0v) is 14.2. The normalized spacial score (nSPS) is 10.2. The van der Waals surface area contributed by atoms with E-state index in [0.29, 0.717) is 36.8 Å². The van der Waals surface area contributed by atoms with Crippen LogP contribution >= 0.6 is 0 Å². The molecule has 0 aliphatic rings.